The van der Waals surface area contributed by atoms with E-state index in [0.29, 0.717) is 6.42 Å². The molecule has 1 rings (SSSR count). The van der Waals surface area contributed by atoms with Gasteiger partial charge in [-0.05, 0) is 44.9 Å². The molecule has 0 aliphatic carbocycles. The summed E-state index contributed by atoms with van der Waals surface area (Å²) in [6, 6.07) is 5.90. The molecule has 2 heteroatoms. The highest BCUT2D eigenvalue weighted by Gasteiger charge is 2.08. The van der Waals surface area contributed by atoms with Gasteiger partial charge in [0, 0.05) is 16.3 Å². The van der Waals surface area contributed by atoms with E-state index in [1.807, 2.05) is 25.1 Å². The lowest BCUT2D eigenvalue weighted by Gasteiger charge is -2.10. The van der Waals surface area contributed by atoms with Crippen LogP contribution in [0.1, 0.15) is 44.4 Å². The van der Waals surface area contributed by atoms with Crippen molar-refractivity contribution in [3.8, 4) is 11.8 Å². The predicted molar refractivity (Wildman–Crippen MR) is 75.7 cm³/mol. The molecule has 1 atom stereocenters. The van der Waals surface area contributed by atoms with Crippen LogP contribution in [0.4, 0.5) is 0 Å². The average Bonchev–Trinajstić information content (AvgIpc) is 2.20. The van der Waals surface area contributed by atoms with E-state index in [-0.39, 0.29) is 5.41 Å². The van der Waals surface area contributed by atoms with Crippen molar-refractivity contribution in [3.05, 3.63) is 33.8 Å². The van der Waals surface area contributed by atoms with Gasteiger partial charge >= 0.3 is 0 Å². The van der Waals surface area contributed by atoms with Crippen LogP contribution in [0.2, 0.25) is 0 Å². The lowest BCUT2D eigenvalue weighted by atomic mass is 9.97. The maximum absolute atomic E-state index is 10.0. The maximum atomic E-state index is 10.0. The maximum Gasteiger partial charge on any atom is 0.0899 e. The summed E-state index contributed by atoms with van der Waals surface area (Å²) in [7, 11) is 0. The second-order valence-electron chi connectivity index (χ2n) is 5.28. The van der Waals surface area contributed by atoms with Gasteiger partial charge in [-0.3, -0.25) is 0 Å². The van der Waals surface area contributed by atoms with Crippen LogP contribution in [-0.4, -0.2) is 5.11 Å². The Bertz CT molecular complexity index is 446. The molecule has 0 spiro atoms. The molecule has 1 aromatic carbocycles. The summed E-state index contributed by atoms with van der Waals surface area (Å²) in [5.41, 5.74) is 2.07. The van der Waals surface area contributed by atoms with Crippen molar-refractivity contribution in [1.82, 2.24) is 0 Å². The van der Waals surface area contributed by atoms with Crippen molar-refractivity contribution in [2.24, 2.45) is 5.41 Å². The fourth-order valence-corrected chi connectivity index (χ4v) is 1.74. The van der Waals surface area contributed by atoms with E-state index in [1.165, 1.54) is 5.56 Å². The van der Waals surface area contributed by atoms with Crippen molar-refractivity contribution < 1.29 is 5.11 Å². The first-order valence-corrected chi connectivity index (χ1v) is 6.53. The van der Waals surface area contributed by atoms with Gasteiger partial charge in [-0.1, -0.05) is 39.9 Å². The molecule has 0 heterocycles. The van der Waals surface area contributed by atoms with Crippen molar-refractivity contribution in [3.63, 3.8) is 0 Å². The topological polar surface area (TPSA) is 20.2 Å². The van der Waals surface area contributed by atoms with E-state index < -0.39 is 6.10 Å². The number of aliphatic hydroxyl groups is 1. The largest absolute Gasteiger partial charge is 0.387 e. The summed E-state index contributed by atoms with van der Waals surface area (Å²) < 4.78 is 1.03. The number of aryl methyl sites for hydroxylation is 1. The van der Waals surface area contributed by atoms with Gasteiger partial charge in [-0.15, -0.1) is 0 Å². The third-order valence-electron chi connectivity index (χ3n) is 2.34. The number of halogens is 1. The van der Waals surface area contributed by atoms with Crippen LogP contribution in [-0.2, 0) is 0 Å². The Balaban J connectivity index is 2.73. The summed E-state index contributed by atoms with van der Waals surface area (Å²) in [5.74, 6) is 6.17. The summed E-state index contributed by atoms with van der Waals surface area (Å²) >= 11 is 3.47. The van der Waals surface area contributed by atoms with Crippen LogP contribution >= 0.6 is 15.9 Å². The molecule has 0 aliphatic heterocycles. The van der Waals surface area contributed by atoms with Gasteiger partial charge in [-0.25, -0.2) is 0 Å². The van der Waals surface area contributed by atoms with Gasteiger partial charge in [0.1, 0.15) is 0 Å². The van der Waals surface area contributed by atoms with Gasteiger partial charge < -0.3 is 5.11 Å². The summed E-state index contributed by atoms with van der Waals surface area (Å²) in [6.45, 7) is 8.22. The first-order chi connectivity index (χ1) is 7.79. The van der Waals surface area contributed by atoms with E-state index in [2.05, 4.69) is 48.5 Å². The monoisotopic (exact) mass is 294 g/mol. The zero-order valence-corrected chi connectivity index (χ0v) is 12.4. The molecule has 92 valence electrons. The van der Waals surface area contributed by atoms with E-state index in [1.54, 1.807) is 0 Å². The Labute approximate surface area is 112 Å². The highest BCUT2D eigenvalue weighted by molar-refractivity contribution is 9.10. The smallest absolute Gasteiger partial charge is 0.0899 e. The normalized spacial score (nSPS) is 12.8. The fourth-order valence-electron chi connectivity index (χ4n) is 1.35. The fraction of sp³-hybridized carbons (Fsp3) is 0.467. The van der Waals surface area contributed by atoms with Gasteiger partial charge in [0.05, 0.1) is 6.10 Å². The molecule has 0 aromatic heterocycles. The third-order valence-corrected chi connectivity index (χ3v) is 3.19. The number of aliphatic hydroxyl groups excluding tert-OH is 1. The molecule has 1 nitrogen and oxygen atoms in total. The minimum absolute atomic E-state index is 0.00637. The summed E-state index contributed by atoms with van der Waals surface area (Å²) in [4.78, 5) is 0. The quantitative estimate of drug-likeness (QED) is 0.809. The summed E-state index contributed by atoms with van der Waals surface area (Å²) in [6.07, 6.45) is -0.0333. The molecule has 1 aromatic rings. The van der Waals surface area contributed by atoms with Gasteiger partial charge in [0.2, 0.25) is 0 Å². The molecule has 0 fully saturated rings. The molecule has 1 unspecified atom stereocenters. The lowest BCUT2D eigenvalue weighted by molar-refractivity contribution is 0.184. The molecule has 0 aliphatic rings. The second kappa shape index (κ2) is 5.71. The number of benzene rings is 1. The molecule has 1 N–H and O–H groups in total. The lowest BCUT2D eigenvalue weighted by Crippen LogP contribution is -2.01. The highest BCUT2D eigenvalue weighted by atomic mass is 79.9. The standard InChI is InChI=1S/C15H19BrO/c1-11-7-8-12(10-13(11)16)14(17)6-5-9-15(2,3)4/h7-8,10,14,17H,6H2,1-4H3. The van der Waals surface area contributed by atoms with Gasteiger partial charge in [-0.2, -0.15) is 0 Å². The van der Waals surface area contributed by atoms with Gasteiger partial charge in [0.25, 0.3) is 0 Å². The average molecular weight is 295 g/mol. The Morgan fingerprint density at radius 1 is 1.35 bits per heavy atom. The first kappa shape index (κ1) is 14.3. The van der Waals surface area contributed by atoms with Crippen molar-refractivity contribution in [1.29, 1.82) is 0 Å². The van der Waals surface area contributed by atoms with Crippen LogP contribution in [0, 0.1) is 24.2 Å². The Morgan fingerprint density at radius 3 is 2.53 bits per heavy atom. The first-order valence-electron chi connectivity index (χ1n) is 5.74. The van der Waals surface area contributed by atoms with E-state index in [9.17, 15) is 5.11 Å². The van der Waals surface area contributed by atoms with Gasteiger partial charge in [0.15, 0.2) is 0 Å². The Hall–Kier alpha value is -0.780. The van der Waals surface area contributed by atoms with E-state index in [4.69, 9.17) is 0 Å². The predicted octanol–water partition coefficient (Wildman–Crippen LogP) is 4.23. The Kier molecular flexibility index (Phi) is 4.80. The molecule has 0 saturated carbocycles. The molecule has 0 amide bonds. The second-order valence-corrected chi connectivity index (χ2v) is 6.13. The van der Waals surface area contributed by atoms with Crippen molar-refractivity contribution in [2.45, 2.75) is 40.2 Å². The summed E-state index contributed by atoms with van der Waals surface area (Å²) in [5, 5.41) is 10.0. The zero-order valence-electron chi connectivity index (χ0n) is 10.8. The molecular weight excluding hydrogens is 276 g/mol. The SMILES string of the molecule is Cc1ccc(C(O)CC#CC(C)(C)C)cc1Br. The van der Waals surface area contributed by atoms with Crippen LogP contribution in [0.15, 0.2) is 22.7 Å². The van der Waals surface area contributed by atoms with Crippen molar-refractivity contribution >= 4 is 15.9 Å². The van der Waals surface area contributed by atoms with E-state index in [0.717, 1.165) is 10.0 Å². The number of hydrogen-bond donors (Lipinski definition) is 1. The number of hydrogen-bond acceptors (Lipinski definition) is 1. The van der Waals surface area contributed by atoms with Crippen LogP contribution in [0.5, 0.6) is 0 Å². The minimum atomic E-state index is -0.512. The molecule has 0 radical (unpaired) electrons. The van der Waals surface area contributed by atoms with Crippen LogP contribution in [0.25, 0.3) is 0 Å². The van der Waals surface area contributed by atoms with Crippen LogP contribution in [0.3, 0.4) is 0 Å². The zero-order chi connectivity index (χ0) is 13.1. The van der Waals surface area contributed by atoms with Crippen LogP contribution < -0.4 is 0 Å². The molecule has 0 saturated heterocycles. The molecule has 17 heavy (non-hydrogen) atoms. The molecular formula is C15H19BrO. The van der Waals surface area contributed by atoms with Crippen molar-refractivity contribution in [2.75, 3.05) is 0 Å². The highest BCUT2D eigenvalue weighted by Crippen LogP contribution is 2.23. The minimum Gasteiger partial charge on any atom is -0.387 e. The van der Waals surface area contributed by atoms with E-state index >= 15 is 0 Å². The Morgan fingerprint density at radius 2 is 2.00 bits per heavy atom. The number of rotatable bonds is 2. The third kappa shape index (κ3) is 4.93. The molecule has 0 bridgehead atoms.